The lowest BCUT2D eigenvalue weighted by atomic mass is 10.0. The molecule has 0 aliphatic carbocycles. The first-order chi connectivity index (χ1) is 14.6. The van der Waals surface area contributed by atoms with Crippen LogP contribution in [0.3, 0.4) is 0 Å². The molecular formula is C23H22FN3O3. The Labute approximate surface area is 172 Å². The molecule has 1 fully saturated rings. The summed E-state index contributed by atoms with van der Waals surface area (Å²) in [5.41, 5.74) is 2.96. The number of aromatic amines is 1. The Kier molecular flexibility index (Phi) is 4.77. The monoisotopic (exact) mass is 407 g/mol. The van der Waals surface area contributed by atoms with Gasteiger partial charge in [-0.15, -0.1) is 0 Å². The van der Waals surface area contributed by atoms with E-state index in [1.165, 1.54) is 12.1 Å². The summed E-state index contributed by atoms with van der Waals surface area (Å²) in [4.78, 5) is 18.7. The van der Waals surface area contributed by atoms with Crippen molar-refractivity contribution in [3.63, 3.8) is 0 Å². The Morgan fingerprint density at radius 2 is 1.73 bits per heavy atom. The van der Waals surface area contributed by atoms with Crippen LogP contribution in [0, 0.1) is 5.82 Å². The number of oxazole rings is 1. The number of likely N-dealkylation sites (N-methyl/N-ethyl adjacent to an activating group) is 1. The van der Waals surface area contributed by atoms with Crippen LogP contribution in [-0.4, -0.2) is 48.0 Å². The second-order valence-electron chi connectivity index (χ2n) is 7.72. The van der Waals surface area contributed by atoms with Gasteiger partial charge in [0.1, 0.15) is 17.3 Å². The molecule has 4 aromatic rings. The minimum atomic E-state index is -0.478. The van der Waals surface area contributed by atoms with Gasteiger partial charge in [-0.2, -0.15) is 0 Å². The zero-order chi connectivity index (χ0) is 20.7. The van der Waals surface area contributed by atoms with E-state index in [2.05, 4.69) is 21.8 Å². The largest absolute Gasteiger partial charge is 0.459 e. The molecule has 0 bridgehead atoms. The van der Waals surface area contributed by atoms with Gasteiger partial charge >= 0.3 is 5.76 Å². The van der Waals surface area contributed by atoms with Gasteiger partial charge in [-0.1, -0.05) is 12.1 Å². The standard InChI is InChI=1S/C23H22FN3O3/c1-26-10-12-27(13-11-26)22(15-2-5-17(24)6-3-15)20-9-8-19(29-20)16-4-7-18-21(14-16)30-23(28)25-18/h2-9,14,22H,10-13H2,1H3,(H,25,28). The van der Waals surface area contributed by atoms with E-state index in [1.807, 2.05) is 30.3 Å². The molecule has 1 aliphatic rings. The molecule has 0 amide bonds. The number of halogens is 1. The second-order valence-corrected chi connectivity index (χ2v) is 7.72. The van der Waals surface area contributed by atoms with E-state index in [0.29, 0.717) is 16.9 Å². The summed E-state index contributed by atoms with van der Waals surface area (Å²) in [7, 11) is 2.12. The van der Waals surface area contributed by atoms with Crippen LogP contribution in [-0.2, 0) is 0 Å². The van der Waals surface area contributed by atoms with Gasteiger partial charge in [0.25, 0.3) is 0 Å². The van der Waals surface area contributed by atoms with Gasteiger partial charge in [0, 0.05) is 31.7 Å². The lowest BCUT2D eigenvalue weighted by molar-refractivity contribution is 0.118. The van der Waals surface area contributed by atoms with Gasteiger partial charge in [-0.25, -0.2) is 9.18 Å². The smallest absolute Gasteiger partial charge is 0.417 e. The van der Waals surface area contributed by atoms with Crippen LogP contribution in [0.25, 0.3) is 22.4 Å². The fourth-order valence-electron chi connectivity index (χ4n) is 4.03. The maximum Gasteiger partial charge on any atom is 0.417 e. The molecule has 1 N–H and O–H groups in total. The molecule has 154 valence electrons. The molecular weight excluding hydrogens is 385 g/mol. The van der Waals surface area contributed by atoms with Crippen LogP contribution in [0.2, 0.25) is 0 Å². The van der Waals surface area contributed by atoms with Crippen molar-refractivity contribution >= 4 is 11.1 Å². The quantitative estimate of drug-likeness (QED) is 0.557. The lowest BCUT2D eigenvalue weighted by Crippen LogP contribution is -2.46. The number of rotatable bonds is 4. The summed E-state index contributed by atoms with van der Waals surface area (Å²) in [6, 6.07) is 15.9. The fraction of sp³-hybridized carbons (Fsp3) is 0.261. The zero-order valence-corrected chi connectivity index (χ0v) is 16.6. The average Bonchev–Trinajstić information content (AvgIpc) is 3.36. The summed E-state index contributed by atoms with van der Waals surface area (Å²) in [5, 5.41) is 0. The summed E-state index contributed by atoms with van der Waals surface area (Å²) in [6.07, 6.45) is 0. The summed E-state index contributed by atoms with van der Waals surface area (Å²) in [5.74, 6) is 0.764. The van der Waals surface area contributed by atoms with Crippen LogP contribution in [0.5, 0.6) is 0 Å². The Hall–Kier alpha value is -3.16. The van der Waals surface area contributed by atoms with Gasteiger partial charge in [-0.05, 0) is 55.1 Å². The zero-order valence-electron chi connectivity index (χ0n) is 16.6. The molecule has 1 unspecified atom stereocenters. The third kappa shape index (κ3) is 3.58. The average molecular weight is 407 g/mol. The number of furan rings is 1. The lowest BCUT2D eigenvalue weighted by Gasteiger charge is -2.37. The topological polar surface area (TPSA) is 65.6 Å². The van der Waals surface area contributed by atoms with Crippen molar-refractivity contribution in [1.82, 2.24) is 14.8 Å². The third-order valence-electron chi connectivity index (χ3n) is 5.69. The van der Waals surface area contributed by atoms with Crippen molar-refractivity contribution < 1.29 is 13.2 Å². The highest BCUT2D eigenvalue weighted by Crippen LogP contribution is 2.34. The predicted octanol–water partition coefficient (Wildman–Crippen LogP) is 3.86. The number of piperazine rings is 1. The summed E-state index contributed by atoms with van der Waals surface area (Å²) in [6.45, 7) is 3.73. The fourth-order valence-corrected chi connectivity index (χ4v) is 4.03. The Bertz CT molecular complexity index is 1220. The minimum Gasteiger partial charge on any atom is -0.459 e. The number of hydrogen-bond donors (Lipinski definition) is 1. The molecule has 30 heavy (non-hydrogen) atoms. The van der Waals surface area contributed by atoms with Crippen molar-refractivity contribution in [2.45, 2.75) is 6.04 Å². The number of fused-ring (bicyclic) bond motifs is 1. The SMILES string of the molecule is CN1CCN(C(c2ccc(F)cc2)c2ccc(-c3ccc4[nH]c(=O)oc4c3)o2)CC1. The molecule has 2 aromatic carbocycles. The molecule has 5 rings (SSSR count). The molecule has 2 aromatic heterocycles. The van der Waals surface area contributed by atoms with E-state index in [9.17, 15) is 9.18 Å². The molecule has 1 atom stereocenters. The summed E-state index contributed by atoms with van der Waals surface area (Å²) < 4.78 is 25.0. The van der Waals surface area contributed by atoms with Crippen molar-refractivity contribution in [2.24, 2.45) is 0 Å². The van der Waals surface area contributed by atoms with Crippen molar-refractivity contribution in [2.75, 3.05) is 33.2 Å². The van der Waals surface area contributed by atoms with Crippen LogP contribution in [0.15, 0.2) is 68.2 Å². The number of nitrogens with one attached hydrogen (secondary N) is 1. The van der Waals surface area contributed by atoms with E-state index in [1.54, 1.807) is 12.1 Å². The number of benzene rings is 2. The van der Waals surface area contributed by atoms with E-state index in [0.717, 1.165) is 43.1 Å². The molecule has 6 nitrogen and oxygen atoms in total. The minimum absolute atomic E-state index is 0.0954. The third-order valence-corrected chi connectivity index (χ3v) is 5.69. The number of nitrogens with zero attached hydrogens (tertiary/aromatic N) is 2. The molecule has 0 saturated carbocycles. The molecule has 7 heteroatoms. The highest BCUT2D eigenvalue weighted by Gasteiger charge is 2.28. The maximum atomic E-state index is 13.5. The van der Waals surface area contributed by atoms with Gasteiger partial charge < -0.3 is 13.7 Å². The number of hydrogen-bond acceptors (Lipinski definition) is 5. The first kappa shape index (κ1) is 18.8. The molecule has 1 aliphatic heterocycles. The Morgan fingerprint density at radius 3 is 2.50 bits per heavy atom. The van der Waals surface area contributed by atoms with E-state index >= 15 is 0 Å². The van der Waals surface area contributed by atoms with Gasteiger partial charge in [0.15, 0.2) is 5.58 Å². The van der Waals surface area contributed by atoms with Crippen LogP contribution >= 0.6 is 0 Å². The molecule has 1 saturated heterocycles. The van der Waals surface area contributed by atoms with Gasteiger partial charge in [0.2, 0.25) is 0 Å². The first-order valence-corrected chi connectivity index (χ1v) is 9.98. The van der Waals surface area contributed by atoms with Gasteiger partial charge in [0.05, 0.1) is 11.6 Å². The van der Waals surface area contributed by atoms with Crippen LogP contribution < -0.4 is 5.76 Å². The van der Waals surface area contributed by atoms with Crippen molar-refractivity contribution in [1.29, 1.82) is 0 Å². The molecule has 0 spiro atoms. The maximum absolute atomic E-state index is 13.5. The number of aromatic nitrogens is 1. The van der Waals surface area contributed by atoms with Crippen molar-refractivity contribution in [3.8, 4) is 11.3 Å². The molecule has 0 radical (unpaired) electrons. The number of H-pyrrole nitrogens is 1. The summed E-state index contributed by atoms with van der Waals surface area (Å²) >= 11 is 0. The normalized spacial score (nSPS) is 16.9. The molecule has 3 heterocycles. The predicted molar refractivity (Wildman–Crippen MR) is 112 cm³/mol. The highest BCUT2D eigenvalue weighted by atomic mass is 19.1. The van der Waals surface area contributed by atoms with Gasteiger partial charge in [-0.3, -0.25) is 9.88 Å². The second kappa shape index (κ2) is 7.59. The van der Waals surface area contributed by atoms with E-state index in [4.69, 9.17) is 8.83 Å². The Balaban J connectivity index is 1.51. The Morgan fingerprint density at radius 1 is 0.967 bits per heavy atom. The van der Waals surface area contributed by atoms with Crippen LogP contribution in [0.1, 0.15) is 17.4 Å². The first-order valence-electron chi connectivity index (χ1n) is 9.98. The van der Waals surface area contributed by atoms with E-state index < -0.39 is 5.76 Å². The highest BCUT2D eigenvalue weighted by molar-refractivity contribution is 5.78. The van der Waals surface area contributed by atoms with E-state index in [-0.39, 0.29) is 11.9 Å². The van der Waals surface area contributed by atoms with Crippen molar-refractivity contribution in [3.05, 3.63) is 82.3 Å². The van der Waals surface area contributed by atoms with Crippen LogP contribution in [0.4, 0.5) is 4.39 Å².